The number of nitrogens with two attached hydrogens (primary N) is 1. The molecule has 6 nitrogen and oxygen atoms in total. The van der Waals surface area contributed by atoms with Crippen LogP contribution < -0.4 is 5.73 Å². The minimum Gasteiger partial charge on any atom is -0.382 e. The molecule has 2 N–H and O–H groups in total. The molecule has 0 fully saturated rings. The summed E-state index contributed by atoms with van der Waals surface area (Å²) in [6.07, 6.45) is 7.71. The summed E-state index contributed by atoms with van der Waals surface area (Å²) < 4.78 is 1.97. The van der Waals surface area contributed by atoms with Crippen molar-refractivity contribution in [3.63, 3.8) is 0 Å². The number of rotatable bonds is 3. The second-order valence-corrected chi connectivity index (χ2v) is 3.98. The van der Waals surface area contributed by atoms with Gasteiger partial charge in [0.2, 0.25) is 0 Å². The highest BCUT2D eigenvalue weighted by Gasteiger charge is 2.07. The van der Waals surface area contributed by atoms with Crippen LogP contribution in [-0.2, 0) is 13.0 Å². The van der Waals surface area contributed by atoms with Gasteiger partial charge in [-0.25, -0.2) is 15.0 Å². The summed E-state index contributed by atoms with van der Waals surface area (Å²) in [4.78, 5) is 16.4. The Morgan fingerprint density at radius 2 is 2.17 bits per heavy atom. The number of pyridine rings is 1. The van der Waals surface area contributed by atoms with Crippen LogP contribution in [0.5, 0.6) is 0 Å². The molecule has 18 heavy (non-hydrogen) atoms. The third-order valence-electron chi connectivity index (χ3n) is 2.79. The average Bonchev–Trinajstić information content (AvgIpc) is 2.82. The van der Waals surface area contributed by atoms with Crippen molar-refractivity contribution in [2.45, 2.75) is 13.0 Å². The van der Waals surface area contributed by atoms with E-state index in [4.69, 9.17) is 5.73 Å². The van der Waals surface area contributed by atoms with Gasteiger partial charge in [0.05, 0.1) is 6.33 Å². The van der Waals surface area contributed by atoms with Gasteiger partial charge in [0.15, 0.2) is 11.5 Å². The topological polar surface area (TPSA) is 82.5 Å². The van der Waals surface area contributed by atoms with Crippen molar-refractivity contribution in [1.82, 2.24) is 24.5 Å². The molecule has 0 spiro atoms. The van der Waals surface area contributed by atoms with Crippen LogP contribution in [0.25, 0.3) is 11.2 Å². The van der Waals surface area contributed by atoms with E-state index in [1.165, 1.54) is 11.9 Å². The molecule has 0 amide bonds. The molecule has 0 saturated heterocycles. The molecule has 0 saturated carbocycles. The maximum Gasteiger partial charge on any atom is 0.165 e. The fourth-order valence-electron chi connectivity index (χ4n) is 1.86. The van der Waals surface area contributed by atoms with Crippen LogP contribution in [-0.4, -0.2) is 24.5 Å². The molecule has 6 heteroatoms. The third-order valence-corrected chi connectivity index (χ3v) is 2.79. The minimum absolute atomic E-state index is 0.417. The molecule has 3 aromatic heterocycles. The number of imidazole rings is 1. The van der Waals surface area contributed by atoms with E-state index in [9.17, 15) is 0 Å². The number of nitrogens with zero attached hydrogens (tertiary/aromatic N) is 5. The second kappa shape index (κ2) is 4.40. The number of hydrogen-bond donors (Lipinski definition) is 1. The zero-order valence-corrected chi connectivity index (χ0v) is 9.69. The van der Waals surface area contributed by atoms with E-state index in [0.29, 0.717) is 11.3 Å². The number of aromatic nitrogens is 5. The number of anilines is 1. The number of aryl methyl sites for hydroxylation is 2. The van der Waals surface area contributed by atoms with Crippen LogP contribution in [0, 0.1) is 0 Å². The normalized spacial score (nSPS) is 10.9. The van der Waals surface area contributed by atoms with Gasteiger partial charge in [-0.15, -0.1) is 0 Å². The zero-order valence-electron chi connectivity index (χ0n) is 9.69. The van der Waals surface area contributed by atoms with E-state index in [1.807, 2.05) is 16.8 Å². The summed E-state index contributed by atoms with van der Waals surface area (Å²) >= 11 is 0. The fraction of sp³-hybridized carbons (Fsp3) is 0.167. The summed E-state index contributed by atoms with van der Waals surface area (Å²) in [6.45, 7) is 0.790. The van der Waals surface area contributed by atoms with Gasteiger partial charge in [-0.05, 0) is 18.1 Å². The first-order chi connectivity index (χ1) is 8.84. The molecule has 3 aromatic rings. The van der Waals surface area contributed by atoms with Crippen molar-refractivity contribution in [1.29, 1.82) is 0 Å². The van der Waals surface area contributed by atoms with Gasteiger partial charge in [-0.1, -0.05) is 6.07 Å². The lowest BCUT2D eigenvalue weighted by Gasteiger charge is -2.03. The predicted molar refractivity (Wildman–Crippen MR) is 67.7 cm³/mol. The SMILES string of the molecule is Nc1ncnc2c1ncn2CCc1cccnc1. The van der Waals surface area contributed by atoms with Crippen LogP contribution in [0.2, 0.25) is 0 Å². The van der Waals surface area contributed by atoms with Gasteiger partial charge in [-0.3, -0.25) is 4.98 Å². The van der Waals surface area contributed by atoms with Crippen molar-refractivity contribution in [3.05, 3.63) is 42.7 Å². The van der Waals surface area contributed by atoms with E-state index in [0.717, 1.165) is 18.6 Å². The van der Waals surface area contributed by atoms with Crippen molar-refractivity contribution in [3.8, 4) is 0 Å². The summed E-state index contributed by atoms with van der Waals surface area (Å²) in [6, 6.07) is 3.98. The Bertz CT molecular complexity index is 661. The van der Waals surface area contributed by atoms with Gasteiger partial charge in [-0.2, -0.15) is 0 Å². The molecule has 90 valence electrons. The Labute approximate surface area is 104 Å². The largest absolute Gasteiger partial charge is 0.382 e. The third kappa shape index (κ3) is 1.88. The Morgan fingerprint density at radius 3 is 3.00 bits per heavy atom. The lowest BCUT2D eigenvalue weighted by atomic mass is 10.2. The summed E-state index contributed by atoms with van der Waals surface area (Å²) in [5.41, 5.74) is 8.35. The Balaban J connectivity index is 1.85. The monoisotopic (exact) mass is 240 g/mol. The van der Waals surface area contributed by atoms with Gasteiger partial charge < -0.3 is 10.3 Å². The van der Waals surface area contributed by atoms with Crippen LogP contribution in [0.3, 0.4) is 0 Å². The highest BCUT2D eigenvalue weighted by atomic mass is 15.1. The molecule has 0 aromatic carbocycles. The summed E-state index contributed by atoms with van der Waals surface area (Å²) in [7, 11) is 0. The highest BCUT2D eigenvalue weighted by molar-refractivity contribution is 5.81. The van der Waals surface area contributed by atoms with Crippen LogP contribution in [0.1, 0.15) is 5.56 Å². The Hall–Kier alpha value is -2.50. The van der Waals surface area contributed by atoms with Crippen LogP contribution in [0.15, 0.2) is 37.2 Å². The molecule has 3 heterocycles. The van der Waals surface area contributed by atoms with Gasteiger partial charge >= 0.3 is 0 Å². The van der Waals surface area contributed by atoms with E-state index < -0.39 is 0 Å². The highest BCUT2D eigenvalue weighted by Crippen LogP contribution is 2.14. The first-order valence-electron chi connectivity index (χ1n) is 5.65. The maximum atomic E-state index is 5.74. The van der Waals surface area contributed by atoms with Gasteiger partial charge in [0.1, 0.15) is 11.8 Å². The van der Waals surface area contributed by atoms with E-state index >= 15 is 0 Å². The zero-order chi connectivity index (χ0) is 12.4. The van der Waals surface area contributed by atoms with Crippen molar-refractivity contribution in [2.75, 3.05) is 5.73 Å². The number of hydrogen-bond acceptors (Lipinski definition) is 5. The fourth-order valence-corrected chi connectivity index (χ4v) is 1.86. The van der Waals surface area contributed by atoms with E-state index in [2.05, 4.69) is 26.0 Å². The van der Waals surface area contributed by atoms with E-state index in [-0.39, 0.29) is 0 Å². The first-order valence-corrected chi connectivity index (χ1v) is 5.65. The molecule has 3 rings (SSSR count). The second-order valence-electron chi connectivity index (χ2n) is 3.98. The van der Waals surface area contributed by atoms with Crippen molar-refractivity contribution in [2.24, 2.45) is 0 Å². The lowest BCUT2D eigenvalue weighted by Crippen LogP contribution is -2.02. The van der Waals surface area contributed by atoms with Crippen LogP contribution >= 0.6 is 0 Å². The van der Waals surface area contributed by atoms with Gasteiger partial charge in [0, 0.05) is 18.9 Å². The van der Waals surface area contributed by atoms with Gasteiger partial charge in [0.25, 0.3) is 0 Å². The quantitative estimate of drug-likeness (QED) is 0.739. The molecule has 0 radical (unpaired) electrons. The summed E-state index contributed by atoms with van der Waals surface area (Å²) in [5, 5.41) is 0. The van der Waals surface area contributed by atoms with Crippen molar-refractivity contribution < 1.29 is 0 Å². The van der Waals surface area contributed by atoms with Crippen LogP contribution in [0.4, 0.5) is 5.82 Å². The molecular weight excluding hydrogens is 228 g/mol. The first kappa shape index (κ1) is 10.6. The molecular formula is C12H12N6. The van der Waals surface area contributed by atoms with Crippen molar-refractivity contribution >= 4 is 17.0 Å². The van der Waals surface area contributed by atoms with E-state index in [1.54, 1.807) is 12.5 Å². The Kier molecular flexibility index (Phi) is 2.60. The predicted octanol–water partition coefficient (Wildman–Crippen LogP) is 1.05. The maximum absolute atomic E-state index is 5.74. The minimum atomic E-state index is 0.417. The molecule has 0 atom stereocenters. The number of fused-ring (bicyclic) bond motifs is 1. The average molecular weight is 240 g/mol. The molecule has 0 aliphatic rings. The lowest BCUT2D eigenvalue weighted by molar-refractivity contribution is 0.707. The smallest absolute Gasteiger partial charge is 0.165 e. The Morgan fingerprint density at radius 1 is 1.22 bits per heavy atom. The molecule has 0 aliphatic heterocycles. The molecule has 0 aliphatic carbocycles. The summed E-state index contributed by atoms with van der Waals surface area (Å²) in [5.74, 6) is 0.417. The number of nitrogen functional groups attached to an aromatic ring is 1. The molecule has 0 bridgehead atoms. The molecule has 0 unspecified atom stereocenters. The standard InChI is InChI=1S/C12H12N6/c13-11-10-12(16-7-15-11)18(8-17-10)5-3-9-2-1-4-14-6-9/h1-2,4,6-8H,3,5H2,(H2,13,15,16).